The summed E-state index contributed by atoms with van der Waals surface area (Å²) < 4.78 is 0. The van der Waals surface area contributed by atoms with Gasteiger partial charge in [0.15, 0.2) is 0 Å². The highest BCUT2D eigenvalue weighted by Crippen LogP contribution is 2.24. The van der Waals surface area contributed by atoms with Gasteiger partial charge in [0.2, 0.25) is 0 Å². The van der Waals surface area contributed by atoms with Gasteiger partial charge in [-0.3, -0.25) is 4.98 Å². The van der Waals surface area contributed by atoms with Crippen LogP contribution in [0.1, 0.15) is 34.3 Å². The molecule has 134 valence electrons. The number of aromatic carboxylic acids is 1. The number of benzene rings is 2. The Morgan fingerprint density at radius 3 is 2.44 bits per heavy atom. The molecule has 0 fully saturated rings. The Balaban J connectivity index is 0.000000170. The first kappa shape index (κ1) is 17.2. The second-order valence-corrected chi connectivity index (χ2v) is 6.80. The van der Waals surface area contributed by atoms with E-state index in [2.05, 4.69) is 53.5 Å². The Morgan fingerprint density at radius 1 is 0.852 bits per heavy atom. The summed E-state index contributed by atoms with van der Waals surface area (Å²) in [6.07, 6.45) is 12.6. The summed E-state index contributed by atoms with van der Waals surface area (Å²) in [5, 5.41) is 11.3. The zero-order valence-electron chi connectivity index (χ0n) is 15.1. The number of carbonyl (C=O) groups is 1. The summed E-state index contributed by atoms with van der Waals surface area (Å²) >= 11 is 0. The van der Waals surface area contributed by atoms with Crippen molar-refractivity contribution in [3.63, 3.8) is 0 Å². The number of carboxylic acid groups (broad SMARTS) is 1. The lowest BCUT2D eigenvalue weighted by Gasteiger charge is -2.17. The van der Waals surface area contributed by atoms with Crippen LogP contribution in [0.3, 0.4) is 0 Å². The lowest BCUT2D eigenvalue weighted by Crippen LogP contribution is -2.33. The van der Waals surface area contributed by atoms with Gasteiger partial charge in [0.1, 0.15) is 0 Å². The molecule has 3 heteroatoms. The van der Waals surface area contributed by atoms with Crippen LogP contribution >= 0.6 is 0 Å². The normalized spacial score (nSPS) is 13.5. The number of hydrogen-bond acceptors (Lipinski definition) is 2. The summed E-state index contributed by atoms with van der Waals surface area (Å²) in [6, 6.07) is 16.3. The van der Waals surface area contributed by atoms with Gasteiger partial charge in [0.05, 0.1) is 5.56 Å². The molecule has 27 heavy (non-hydrogen) atoms. The Labute approximate surface area is 158 Å². The number of fused-ring (bicyclic) bond motifs is 5. The molecule has 0 atom stereocenters. The first-order chi connectivity index (χ1) is 13.2. The number of rotatable bonds is 1. The van der Waals surface area contributed by atoms with Gasteiger partial charge in [0, 0.05) is 12.4 Å². The van der Waals surface area contributed by atoms with Gasteiger partial charge in [0.25, 0.3) is 0 Å². The largest absolute Gasteiger partial charge is 0.478 e. The first-order valence-electron chi connectivity index (χ1n) is 9.28. The number of hydrogen-bond donors (Lipinski definition) is 1. The van der Waals surface area contributed by atoms with Crippen molar-refractivity contribution in [2.45, 2.75) is 25.7 Å². The van der Waals surface area contributed by atoms with Crippen LogP contribution in [-0.4, -0.2) is 16.1 Å². The molecule has 3 aromatic rings. The molecule has 2 aliphatic carbocycles. The number of carboxylic acids is 1. The molecule has 0 aliphatic heterocycles. The first-order valence-corrected chi connectivity index (χ1v) is 9.28. The van der Waals surface area contributed by atoms with E-state index in [0.29, 0.717) is 0 Å². The van der Waals surface area contributed by atoms with Gasteiger partial charge in [-0.05, 0) is 70.5 Å². The highest BCUT2D eigenvalue weighted by atomic mass is 16.4. The predicted molar refractivity (Wildman–Crippen MR) is 108 cm³/mol. The number of aryl methyl sites for hydroxylation is 1. The van der Waals surface area contributed by atoms with Gasteiger partial charge in [-0.15, -0.1) is 0 Å². The molecule has 2 aliphatic rings. The van der Waals surface area contributed by atoms with Crippen LogP contribution in [0.4, 0.5) is 0 Å². The highest BCUT2D eigenvalue weighted by molar-refractivity contribution is 5.87. The molecule has 2 aromatic carbocycles. The molecule has 1 aromatic heterocycles. The molecule has 0 spiro atoms. The zero-order chi connectivity index (χ0) is 18.6. The van der Waals surface area contributed by atoms with Gasteiger partial charge in [-0.2, -0.15) is 0 Å². The molecule has 5 rings (SSSR count). The molecule has 1 N–H and O–H groups in total. The smallest absolute Gasteiger partial charge is 0.335 e. The maximum Gasteiger partial charge on any atom is 0.335 e. The van der Waals surface area contributed by atoms with Crippen molar-refractivity contribution in [2.24, 2.45) is 0 Å². The third-order valence-corrected chi connectivity index (χ3v) is 5.14. The van der Waals surface area contributed by atoms with E-state index in [-0.39, 0.29) is 5.56 Å². The lowest BCUT2D eigenvalue weighted by atomic mass is 9.87. The molecule has 0 radical (unpaired) electrons. The van der Waals surface area contributed by atoms with Crippen LogP contribution in [0.25, 0.3) is 23.3 Å². The standard InChI is InChI=1S/C18H16.C6H5NO2/c1-3-7-15-13(5-1)9-11-18-16-8-4-2-6-14(16)10-12-17(15)18;8-6(9)5-1-3-7-4-2-5/h1,3,5,7-8,10-12H,2,4,6,9H2;1-4H,(H,8,9). The molecule has 0 bridgehead atoms. The van der Waals surface area contributed by atoms with Crippen LogP contribution in [-0.2, 0) is 12.8 Å². The monoisotopic (exact) mass is 355 g/mol. The van der Waals surface area contributed by atoms with Gasteiger partial charge in [-0.1, -0.05) is 48.6 Å². The van der Waals surface area contributed by atoms with E-state index in [4.69, 9.17) is 5.11 Å². The van der Waals surface area contributed by atoms with Crippen molar-refractivity contribution < 1.29 is 9.90 Å². The Kier molecular flexibility index (Phi) is 4.84. The lowest BCUT2D eigenvalue weighted by molar-refractivity contribution is 0.0696. The molecule has 0 saturated heterocycles. The van der Waals surface area contributed by atoms with Crippen LogP contribution in [0.5, 0.6) is 0 Å². The summed E-state index contributed by atoms with van der Waals surface area (Å²) in [5.74, 6) is -0.919. The molecule has 1 heterocycles. The summed E-state index contributed by atoms with van der Waals surface area (Å²) in [7, 11) is 0. The van der Waals surface area contributed by atoms with Crippen molar-refractivity contribution in [2.75, 3.05) is 0 Å². The van der Waals surface area contributed by atoms with Crippen LogP contribution in [0.15, 0.2) is 60.9 Å². The Hall–Kier alpha value is -3.20. The van der Waals surface area contributed by atoms with E-state index in [1.54, 1.807) is 0 Å². The summed E-state index contributed by atoms with van der Waals surface area (Å²) in [6.45, 7) is 0. The second kappa shape index (κ2) is 7.58. The van der Waals surface area contributed by atoms with E-state index in [0.717, 1.165) is 6.42 Å². The van der Waals surface area contributed by atoms with Crippen molar-refractivity contribution in [3.05, 3.63) is 88.1 Å². The number of nitrogens with zero attached hydrogens (tertiary/aromatic N) is 1. The minimum atomic E-state index is -0.919. The molecule has 0 saturated carbocycles. The third-order valence-electron chi connectivity index (χ3n) is 5.14. The maximum absolute atomic E-state index is 10.2. The summed E-state index contributed by atoms with van der Waals surface area (Å²) in [5.41, 5.74) is 6.12. The van der Waals surface area contributed by atoms with E-state index < -0.39 is 5.97 Å². The second-order valence-electron chi connectivity index (χ2n) is 6.80. The van der Waals surface area contributed by atoms with Crippen LogP contribution in [0, 0.1) is 0 Å². The van der Waals surface area contributed by atoms with Crippen molar-refractivity contribution >= 4 is 18.1 Å². The van der Waals surface area contributed by atoms with E-state index in [1.165, 1.54) is 76.5 Å². The SMILES string of the molecule is C1=c2c(ccc3c2=CCc2ccccc2-3)CCC1.O=C(O)c1ccncc1. The van der Waals surface area contributed by atoms with Crippen molar-refractivity contribution in [1.82, 2.24) is 4.98 Å². The van der Waals surface area contributed by atoms with E-state index in [9.17, 15) is 4.79 Å². The number of pyridine rings is 1. The molecule has 3 nitrogen and oxygen atoms in total. The van der Waals surface area contributed by atoms with Crippen LogP contribution in [0.2, 0.25) is 0 Å². The average Bonchev–Trinajstić information content (AvgIpc) is 2.74. The van der Waals surface area contributed by atoms with Crippen molar-refractivity contribution in [3.8, 4) is 11.1 Å². The topological polar surface area (TPSA) is 50.2 Å². The third kappa shape index (κ3) is 3.54. The quantitative estimate of drug-likeness (QED) is 0.726. The average molecular weight is 355 g/mol. The van der Waals surface area contributed by atoms with E-state index in [1.807, 2.05) is 0 Å². The van der Waals surface area contributed by atoms with Gasteiger partial charge < -0.3 is 5.11 Å². The molecular formula is C24H21NO2. The Bertz CT molecular complexity index is 1100. The number of aromatic nitrogens is 1. The summed E-state index contributed by atoms with van der Waals surface area (Å²) in [4.78, 5) is 13.8. The Morgan fingerprint density at radius 2 is 1.67 bits per heavy atom. The zero-order valence-corrected chi connectivity index (χ0v) is 15.1. The van der Waals surface area contributed by atoms with Crippen molar-refractivity contribution in [1.29, 1.82) is 0 Å². The predicted octanol–water partition coefficient (Wildman–Crippen LogP) is 3.59. The van der Waals surface area contributed by atoms with Gasteiger partial charge in [-0.25, -0.2) is 4.79 Å². The molecule has 0 amide bonds. The fraction of sp³-hybridized carbons (Fsp3) is 0.167. The van der Waals surface area contributed by atoms with Crippen LogP contribution < -0.4 is 10.4 Å². The van der Waals surface area contributed by atoms with E-state index >= 15 is 0 Å². The van der Waals surface area contributed by atoms with Gasteiger partial charge >= 0.3 is 5.97 Å². The minimum Gasteiger partial charge on any atom is -0.478 e. The fourth-order valence-corrected chi connectivity index (χ4v) is 3.80. The molecule has 0 unspecified atom stereocenters. The maximum atomic E-state index is 10.2. The molecular weight excluding hydrogens is 334 g/mol. The highest BCUT2D eigenvalue weighted by Gasteiger charge is 2.13. The fourth-order valence-electron chi connectivity index (χ4n) is 3.80. The minimum absolute atomic E-state index is 0.269.